The Labute approximate surface area is 147 Å². The van der Waals surface area contributed by atoms with Gasteiger partial charge in [0.15, 0.2) is 0 Å². The minimum atomic E-state index is 0.128. The van der Waals surface area contributed by atoms with Crippen molar-refractivity contribution in [3.8, 4) is 0 Å². The zero-order chi connectivity index (χ0) is 16.8. The molecule has 0 spiro atoms. The zero-order valence-electron chi connectivity index (χ0n) is 15.3. The van der Waals surface area contributed by atoms with E-state index in [9.17, 15) is 4.79 Å². The number of carbonyl (C=O) groups is 1. The van der Waals surface area contributed by atoms with Crippen molar-refractivity contribution in [3.05, 3.63) is 0 Å². The van der Waals surface area contributed by atoms with Crippen LogP contribution in [0, 0.1) is 5.92 Å². The predicted octanol–water partition coefficient (Wildman–Crippen LogP) is 2.85. The first-order valence-corrected chi connectivity index (χ1v) is 10.1. The van der Waals surface area contributed by atoms with E-state index in [0.29, 0.717) is 12.0 Å². The van der Waals surface area contributed by atoms with Crippen LogP contribution in [-0.4, -0.2) is 67.3 Å². The lowest BCUT2D eigenvalue weighted by atomic mass is 9.90. The number of ether oxygens (including phenoxy) is 1. The van der Waals surface area contributed by atoms with Crippen LogP contribution in [0.25, 0.3) is 0 Å². The molecule has 2 unspecified atom stereocenters. The van der Waals surface area contributed by atoms with Crippen LogP contribution in [0.2, 0.25) is 0 Å². The molecule has 3 aliphatic heterocycles. The molecule has 24 heavy (non-hydrogen) atoms. The summed E-state index contributed by atoms with van der Waals surface area (Å²) in [4.78, 5) is 17.0. The summed E-state index contributed by atoms with van der Waals surface area (Å²) in [7, 11) is 0. The van der Waals surface area contributed by atoms with Gasteiger partial charge in [-0.3, -0.25) is 0 Å². The van der Waals surface area contributed by atoms with E-state index in [1.165, 1.54) is 51.6 Å². The summed E-state index contributed by atoms with van der Waals surface area (Å²) in [6, 6.07) is 0.356. The van der Waals surface area contributed by atoms with Gasteiger partial charge >= 0.3 is 6.03 Å². The number of nitrogens with one attached hydrogen (secondary N) is 1. The average Bonchev–Trinajstić information content (AvgIpc) is 3.01. The Kier molecular flexibility index (Phi) is 6.78. The van der Waals surface area contributed by atoms with Crippen molar-refractivity contribution in [2.24, 2.45) is 5.92 Å². The Hall–Kier alpha value is -0.810. The summed E-state index contributed by atoms with van der Waals surface area (Å²) < 4.78 is 5.82. The fourth-order valence-electron chi connectivity index (χ4n) is 4.50. The van der Waals surface area contributed by atoms with Crippen LogP contribution in [0.1, 0.15) is 58.3 Å². The summed E-state index contributed by atoms with van der Waals surface area (Å²) in [5.41, 5.74) is 0. The van der Waals surface area contributed by atoms with E-state index in [1.807, 2.05) is 4.90 Å². The molecule has 0 aromatic carbocycles. The van der Waals surface area contributed by atoms with Crippen molar-refractivity contribution in [1.29, 1.82) is 0 Å². The fraction of sp³-hybridized carbons (Fsp3) is 0.947. The summed E-state index contributed by atoms with van der Waals surface area (Å²) in [6.07, 6.45) is 10.4. The van der Waals surface area contributed by atoms with Crippen LogP contribution in [0.3, 0.4) is 0 Å². The molecule has 0 bridgehead atoms. The van der Waals surface area contributed by atoms with Gasteiger partial charge in [-0.1, -0.05) is 12.8 Å². The molecule has 3 rings (SSSR count). The molecule has 0 aromatic rings. The van der Waals surface area contributed by atoms with Gasteiger partial charge in [0.1, 0.15) is 0 Å². The Morgan fingerprint density at radius 2 is 1.75 bits per heavy atom. The second-order valence-electron chi connectivity index (χ2n) is 7.94. The molecule has 3 aliphatic rings. The van der Waals surface area contributed by atoms with Crippen LogP contribution in [0.15, 0.2) is 0 Å². The zero-order valence-corrected chi connectivity index (χ0v) is 15.3. The molecule has 0 saturated carbocycles. The van der Waals surface area contributed by atoms with E-state index in [1.54, 1.807) is 0 Å². The maximum Gasteiger partial charge on any atom is 0.317 e. The van der Waals surface area contributed by atoms with Gasteiger partial charge in [-0.15, -0.1) is 0 Å². The molecule has 0 aromatic heterocycles. The summed E-state index contributed by atoms with van der Waals surface area (Å²) in [5, 5.41) is 3.22. The average molecular weight is 338 g/mol. The molecule has 0 aliphatic carbocycles. The van der Waals surface area contributed by atoms with E-state index < -0.39 is 0 Å². The second-order valence-corrected chi connectivity index (χ2v) is 7.94. The molecule has 2 atom stereocenters. The lowest BCUT2D eigenvalue weighted by Gasteiger charge is -2.35. The fourth-order valence-corrected chi connectivity index (χ4v) is 4.50. The van der Waals surface area contributed by atoms with Crippen LogP contribution < -0.4 is 5.32 Å². The monoisotopic (exact) mass is 337 g/mol. The van der Waals surface area contributed by atoms with Crippen LogP contribution in [0.4, 0.5) is 4.79 Å². The first-order chi connectivity index (χ1) is 11.7. The molecular formula is C19H35N3O2. The number of nitrogens with zero attached hydrogens (tertiary/aromatic N) is 2. The first kappa shape index (κ1) is 18.0. The van der Waals surface area contributed by atoms with Gasteiger partial charge in [0, 0.05) is 32.3 Å². The van der Waals surface area contributed by atoms with Crippen LogP contribution >= 0.6 is 0 Å². The number of rotatable bonds is 4. The van der Waals surface area contributed by atoms with Crippen molar-refractivity contribution in [1.82, 2.24) is 15.1 Å². The third kappa shape index (κ3) is 5.09. The molecule has 0 radical (unpaired) electrons. The molecular weight excluding hydrogens is 302 g/mol. The van der Waals surface area contributed by atoms with Gasteiger partial charge in [0.2, 0.25) is 0 Å². The highest BCUT2D eigenvalue weighted by Gasteiger charge is 2.31. The number of likely N-dealkylation sites (tertiary alicyclic amines) is 2. The highest BCUT2D eigenvalue weighted by molar-refractivity contribution is 5.74. The lowest BCUT2D eigenvalue weighted by molar-refractivity contribution is 0.0370. The third-order valence-corrected chi connectivity index (χ3v) is 5.92. The summed E-state index contributed by atoms with van der Waals surface area (Å²) in [6.45, 7) is 8.19. The molecule has 138 valence electrons. The van der Waals surface area contributed by atoms with E-state index in [0.717, 1.165) is 39.1 Å². The van der Waals surface area contributed by atoms with E-state index in [2.05, 4.69) is 17.1 Å². The van der Waals surface area contributed by atoms with Crippen molar-refractivity contribution < 1.29 is 9.53 Å². The van der Waals surface area contributed by atoms with Crippen LogP contribution in [0.5, 0.6) is 0 Å². The van der Waals surface area contributed by atoms with E-state index in [4.69, 9.17) is 4.74 Å². The topological polar surface area (TPSA) is 44.8 Å². The summed E-state index contributed by atoms with van der Waals surface area (Å²) >= 11 is 0. The van der Waals surface area contributed by atoms with Crippen LogP contribution in [-0.2, 0) is 4.74 Å². The molecule has 2 amide bonds. The van der Waals surface area contributed by atoms with E-state index >= 15 is 0 Å². The molecule has 3 saturated heterocycles. The van der Waals surface area contributed by atoms with Gasteiger partial charge in [0.05, 0.1) is 6.10 Å². The number of carbonyl (C=O) groups excluding carboxylic acids is 1. The van der Waals surface area contributed by atoms with Crippen molar-refractivity contribution in [3.63, 3.8) is 0 Å². The molecule has 3 fully saturated rings. The number of piperidine rings is 1. The van der Waals surface area contributed by atoms with E-state index in [-0.39, 0.29) is 12.1 Å². The minimum Gasteiger partial charge on any atom is -0.378 e. The van der Waals surface area contributed by atoms with Crippen molar-refractivity contribution in [2.75, 3.05) is 39.3 Å². The molecule has 5 nitrogen and oxygen atoms in total. The Morgan fingerprint density at radius 1 is 1.04 bits per heavy atom. The highest BCUT2D eigenvalue weighted by Crippen LogP contribution is 2.28. The number of amides is 2. The third-order valence-electron chi connectivity index (χ3n) is 5.92. The smallest absolute Gasteiger partial charge is 0.317 e. The highest BCUT2D eigenvalue weighted by atomic mass is 16.5. The van der Waals surface area contributed by atoms with Gasteiger partial charge in [-0.2, -0.15) is 0 Å². The van der Waals surface area contributed by atoms with Gasteiger partial charge < -0.3 is 19.9 Å². The maximum atomic E-state index is 12.5. The number of urea groups is 1. The SMILES string of the molecule is CC(CN1CCCCCC1)NC(=O)N1CCC(C2CCCO2)CC1. The van der Waals surface area contributed by atoms with Crippen molar-refractivity contribution >= 4 is 6.03 Å². The minimum absolute atomic E-state index is 0.128. The van der Waals surface area contributed by atoms with Gasteiger partial charge in [0.25, 0.3) is 0 Å². The predicted molar refractivity (Wildman–Crippen MR) is 96.2 cm³/mol. The van der Waals surface area contributed by atoms with Crippen molar-refractivity contribution in [2.45, 2.75) is 70.4 Å². The van der Waals surface area contributed by atoms with Gasteiger partial charge in [-0.25, -0.2) is 4.79 Å². The number of hydrogen-bond acceptors (Lipinski definition) is 3. The normalized spacial score (nSPS) is 28.5. The Morgan fingerprint density at radius 3 is 2.38 bits per heavy atom. The quantitative estimate of drug-likeness (QED) is 0.858. The first-order valence-electron chi connectivity index (χ1n) is 10.1. The Bertz CT molecular complexity index is 382. The summed E-state index contributed by atoms with van der Waals surface area (Å²) in [5.74, 6) is 0.658. The largest absolute Gasteiger partial charge is 0.378 e. The molecule has 3 heterocycles. The Balaban J connectivity index is 1.37. The van der Waals surface area contributed by atoms with Gasteiger partial charge in [-0.05, 0) is 64.5 Å². The standard InChI is InChI=1S/C19H35N3O2/c1-16(15-21-10-4-2-3-5-11-21)20-19(23)22-12-8-17(9-13-22)18-7-6-14-24-18/h16-18H,2-15H2,1H3,(H,20,23). The molecule has 1 N–H and O–H groups in total. The lowest BCUT2D eigenvalue weighted by Crippen LogP contribution is -2.50. The number of hydrogen-bond donors (Lipinski definition) is 1. The maximum absolute atomic E-state index is 12.5. The molecule has 5 heteroatoms. The second kappa shape index (κ2) is 9.04.